The van der Waals surface area contributed by atoms with Gasteiger partial charge in [-0.1, -0.05) is 0 Å². The Bertz CT molecular complexity index is 1010. The van der Waals surface area contributed by atoms with E-state index in [4.69, 9.17) is 19.8 Å². The smallest absolute Gasteiger partial charge is 0.543 e. The maximum absolute atomic E-state index is 10.7. The van der Waals surface area contributed by atoms with E-state index in [-0.39, 0.29) is 44.1 Å². The molecule has 2 heterocycles. The van der Waals surface area contributed by atoms with Crippen LogP contribution >= 0.6 is 15.6 Å². The average Bonchev–Trinajstić information content (AvgIpc) is 2.81. The number of carbonyl (C=O) groups excluding carboxylic acids is 2. The van der Waals surface area contributed by atoms with Crippen molar-refractivity contribution in [3.05, 3.63) is 0 Å². The van der Waals surface area contributed by atoms with E-state index in [0.29, 0.717) is 0 Å². The zero-order valence-electron chi connectivity index (χ0n) is 29.5. The number of aliphatic imine (C=N–C) groups is 2. The zero-order chi connectivity index (χ0) is 40.3. The Morgan fingerprint density at radius 2 is 0.769 bits per heavy atom. The van der Waals surface area contributed by atoms with Gasteiger partial charge in [0.15, 0.2) is 0 Å². The van der Waals surface area contributed by atoms with Crippen LogP contribution in [0.3, 0.4) is 0 Å². The second-order valence-electron chi connectivity index (χ2n) is 12.6. The fourth-order valence-corrected chi connectivity index (χ4v) is 3.99. The fraction of sp³-hybridized carbons (Fsp3) is 0.846. The SMILES string of the molecule is CC1=NCCCNCCCNC(C)(C)C1.CC1=NCCCNCCCNC(C)(C)C1.F[P-](F)(F)(F)(F)F.F[P-](F)(F)(F)(F)F.O=C([O-])C(=O)[O-].[Ni+2].[Ni+2]. The summed E-state index contributed by atoms with van der Waals surface area (Å²) in [6.07, 6.45) is 6.84. The van der Waals surface area contributed by atoms with Crippen LogP contribution in [-0.2, 0) is 42.6 Å². The summed E-state index contributed by atoms with van der Waals surface area (Å²) in [6.45, 7) is 21.8. The number of nitrogens with zero attached hydrogens (tertiary/aromatic N) is 2. The van der Waals surface area contributed by atoms with E-state index in [1.165, 1.54) is 24.3 Å². The van der Waals surface area contributed by atoms with Gasteiger partial charge in [-0.2, -0.15) is 0 Å². The molecule has 26 heteroatoms. The summed E-state index contributed by atoms with van der Waals surface area (Å²) in [5, 5.41) is 31.9. The molecule has 0 radical (unpaired) electrons. The number of carbonyl (C=O) groups is 2. The van der Waals surface area contributed by atoms with Gasteiger partial charge in [0, 0.05) is 48.4 Å². The fourth-order valence-electron chi connectivity index (χ4n) is 3.99. The van der Waals surface area contributed by atoms with Crippen molar-refractivity contribution in [1.29, 1.82) is 0 Å². The van der Waals surface area contributed by atoms with Crippen LogP contribution in [0.2, 0.25) is 0 Å². The molecule has 0 aromatic carbocycles. The Morgan fingerprint density at radius 3 is 1.00 bits per heavy atom. The Kier molecular flexibility index (Phi) is 26.3. The van der Waals surface area contributed by atoms with Gasteiger partial charge in [0.25, 0.3) is 0 Å². The molecule has 2 aliphatic rings. The van der Waals surface area contributed by atoms with Gasteiger partial charge >= 0.3 is 99.0 Å². The Hall–Kier alpha value is -0.873. The number of carboxylic acid groups (broad SMARTS) is 2. The van der Waals surface area contributed by atoms with Gasteiger partial charge in [0.2, 0.25) is 0 Å². The van der Waals surface area contributed by atoms with Gasteiger partial charge in [0.1, 0.15) is 0 Å². The van der Waals surface area contributed by atoms with Crippen molar-refractivity contribution in [2.45, 2.75) is 91.1 Å². The molecule has 0 fully saturated rings. The van der Waals surface area contributed by atoms with Crippen molar-refractivity contribution < 1.29 is 103 Å². The summed E-state index contributed by atoms with van der Waals surface area (Å²) in [4.78, 5) is 27.0. The molecule has 4 N–H and O–H groups in total. The van der Waals surface area contributed by atoms with Crippen LogP contribution in [0.5, 0.6) is 0 Å². The molecule has 322 valence electrons. The Morgan fingerprint density at radius 1 is 0.538 bits per heavy atom. The van der Waals surface area contributed by atoms with E-state index >= 15 is 0 Å². The Balaban J connectivity index is -0.000000186. The number of nitrogens with one attached hydrogen (secondary N) is 4. The predicted octanol–water partition coefficient (Wildman–Crippen LogP) is 6.42. The van der Waals surface area contributed by atoms with E-state index in [2.05, 4.69) is 72.8 Å². The minimum Gasteiger partial charge on any atom is -0.543 e. The van der Waals surface area contributed by atoms with Gasteiger partial charge in [0.05, 0.1) is 11.9 Å². The largest absolute Gasteiger partial charge is 2.00 e. The molecule has 2 rings (SSSR count). The van der Waals surface area contributed by atoms with Crippen LogP contribution in [0, 0.1) is 0 Å². The molecule has 0 saturated heterocycles. The molecule has 0 aromatic rings. The molecule has 0 aromatic heterocycles. The van der Waals surface area contributed by atoms with E-state index in [0.717, 1.165) is 78.0 Å². The molecule has 2 aliphatic heterocycles. The molecule has 0 atom stereocenters. The minimum absolute atomic E-state index is 0. The second-order valence-corrected chi connectivity index (χ2v) is 16.4. The van der Waals surface area contributed by atoms with Gasteiger partial charge in [-0.15, -0.1) is 0 Å². The summed E-state index contributed by atoms with van der Waals surface area (Å²) in [5.41, 5.74) is 2.92. The van der Waals surface area contributed by atoms with E-state index in [1.54, 1.807) is 0 Å². The van der Waals surface area contributed by atoms with E-state index in [9.17, 15) is 50.4 Å². The molecule has 0 spiro atoms. The first-order chi connectivity index (χ1) is 21.7. The van der Waals surface area contributed by atoms with Crippen molar-refractivity contribution in [3.8, 4) is 0 Å². The first kappa shape index (κ1) is 60.4. The van der Waals surface area contributed by atoms with Gasteiger partial charge in [-0.25, -0.2) is 0 Å². The first-order valence-electron chi connectivity index (χ1n) is 15.2. The molecular weight excluding hydrogens is 868 g/mol. The third kappa shape index (κ3) is 74.3. The summed E-state index contributed by atoms with van der Waals surface area (Å²) in [5.74, 6) is -4.37. The van der Waals surface area contributed by atoms with Crippen LogP contribution in [0.1, 0.15) is 80.1 Å². The maximum Gasteiger partial charge on any atom is 2.00 e. The number of hydrogen-bond donors (Lipinski definition) is 4. The van der Waals surface area contributed by atoms with Gasteiger partial charge in [-0.3, -0.25) is 9.98 Å². The van der Waals surface area contributed by atoms with Crippen molar-refractivity contribution in [1.82, 2.24) is 21.3 Å². The molecule has 0 amide bonds. The second kappa shape index (κ2) is 22.6. The third-order valence-corrected chi connectivity index (χ3v) is 5.62. The van der Waals surface area contributed by atoms with Gasteiger partial charge in [-0.05, 0) is 106 Å². The molecule has 10 nitrogen and oxygen atoms in total. The number of halogens is 12. The summed E-state index contributed by atoms with van der Waals surface area (Å²) in [7, 11) is -21.3. The molecule has 0 saturated carbocycles. The monoisotopic (exact) mass is 916 g/mol. The number of hydrogen-bond acceptors (Lipinski definition) is 10. The molecule has 0 aliphatic carbocycles. The average molecular weight is 918 g/mol. The standard InChI is InChI=1S/2C12H25N3.C2H2O4.2F6P.2Ni/c2*1-11-10-12(2,3)15-9-5-7-13-6-4-8-14-11;3-1(4)2(5)6;2*1-7(2,3,4,5)6;;/h2*13,15H,4-10H2,1-3H3;(H,3,4)(H,5,6);;;;/q;;;2*-1;2*+2/p-2. The summed E-state index contributed by atoms with van der Waals surface area (Å²) < 4.78 is 118. The topological polar surface area (TPSA) is 153 Å². The van der Waals surface area contributed by atoms with Crippen molar-refractivity contribution in [3.63, 3.8) is 0 Å². The molecule has 0 bridgehead atoms. The van der Waals surface area contributed by atoms with Crippen LogP contribution < -0.4 is 31.5 Å². The summed E-state index contributed by atoms with van der Waals surface area (Å²) in [6, 6.07) is 0. The Labute approximate surface area is 316 Å². The van der Waals surface area contributed by atoms with Gasteiger partial charge < -0.3 is 41.1 Å². The minimum atomic E-state index is -10.7. The first-order valence-corrected chi connectivity index (χ1v) is 19.3. The van der Waals surface area contributed by atoms with Crippen LogP contribution in [-0.4, -0.2) is 86.8 Å². The zero-order valence-corrected chi connectivity index (χ0v) is 33.3. The maximum atomic E-state index is 9.87. The van der Waals surface area contributed by atoms with Crippen LogP contribution in [0.25, 0.3) is 0 Å². The molecular formula is C26H50F12N6Ni2O4P2. The van der Waals surface area contributed by atoms with Crippen molar-refractivity contribution in [2.24, 2.45) is 9.98 Å². The quantitative estimate of drug-likeness (QED) is 0.0941. The van der Waals surface area contributed by atoms with Crippen LogP contribution in [0.4, 0.5) is 50.4 Å². The normalized spacial score (nSPS) is 21.4. The summed E-state index contributed by atoms with van der Waals surface area (Å²) >= 11 is 0. The van der Waals surface area contributed by atoms with Crippen LogP contribution in [0.15, 0.2) is 9.98 Å². The van der Waals surface area contributed by atoms with Crippen molar-refractivity contribution in [2.75, 3.05) is 52.4 Å². The number of rotatable bonds is 0. The number of carboxylic acids is 2. The van der Waals surface area contributed by atoms with Crippen molar-refractivity contribution >= 4 is 39.0 Å². The molecule has 52 heavy (non-hydrogen) atoms. The number of aliphatic carboxylic acids is 2. The van der Waals surface area contributed by atoms with E-state index < -0.39 is 27.6 Å². The molecule has 0 unspecified atom stereocenters. The third-order valence-electron chi connectivity index (χ3n) is 5.62. The van der Waals surface area contributed by atoms with E-state index in [1.807, 2.05) is 0 Å². The predicted molar refractivity (Wildman–Crippen MR) is 171 cm³/mol.